The van der Waals surface area contributed by atoms with Crippen LogP contribution in [0.1, 0.15) is 0 Å². The van der Waals surface area contributed by atoms with E-state index in [-0.39, 0.29) is 9.41 Å². The Balaban J connectivity index is 0.000000220. The van der Waals surface area contributed by atoms with Crippen molar-refractivity contribution in [3.05, 3.63) is 182 Å². The molecule has 0 aliphatic rings. The zero-order chi connectivity index (χ0) is 27.7. The second-order valence-corrected chi connectivity index (χ2v) is 15.1. The zero-order valence-corrected chi connectivity index (χ0v) is 24.8. The summed E-state index contributed by atoms with van der Waals surface area (Å²) in [5.74, 6) is 0. The predicted molar refractivity (Wildman–Crippen MR) is 181 cm³/mol. The molecule has 0 aliphatic carbocycles. The smallest absolute Gasteiger partial charge is 0.0512 e. The topological polar surface area (TPSA) is 47.7 Å². The number of hydrogen-bond acceptors (Lipinski definition) is 2. The largest absolute Gasteiger partial charge is 0.305 e. The van der Waals surface area contributed by atoms with Gasteiger partial charge in [-0.25, -0.2) is 0 Å². The van der Waals surface area contributed by atoms with Gasteiger partial charge >= 0.3 is 0 Å². The van der Waals surface area contributed by atoms with Gasteiger partial charge < -0.3 is 10.3 Å². The Kier molecular flexibility index (Phi) is 11.5. The Hall–Kier alpha value is -4.36. The lowest BCUT2D eigenvalue weighted by molar-refractivity contribution is 1.11. The van der Waals surface area contributed by atoms with Crippen LogP contribution in [0.4, 0.5) is 9.41 Å². The summed E-state index contributed by atoms with van der Waals surface area (Å²) in [5, 5.41) is 25.1. The van der Waals surface area contributed by atoms with Crippen LogP contribution in [0, 0.1) is 10.3 Å². The predicted octanol–water partition coefficient (Wildman–Crippen LogP) is 7.79. The fraction of sp³-hybridized carbons (Fsp3) is 0. The molecule has 6 heteroatoms. The summed E-state index contributed by atoms with van der Waals surface area (Å²) < 4.78 is 0. The quantitative estimate of drug-likeness (QED) is 0.185. The van der Waals surface area contributed by atoms with Crippen molar-refractivity contribution in [2.75, 3.05) is 0 Å². The molecule has 0 saturated heterocycles. The number of hydrogen-bond donors (Lipinski definition) is 2. The van der Waals surface area contributed by atoms with Gasteiger partial charge in [-0.15, -0.1) is 0 Å². The fourth-order valence-electron chi connectivity index (χ4n) is 4.80. The Morgan fingerprint density at radius 3 is 0.476 bits per heavy atom. The van der Waals surface area contributed by atoms with Crippen molar-refractivity contribution in [3.8, 4) is 0 Å². The van der Waals surface area contributed by atoms with Gasteiger partial charge in [0.25, 0.3) is 0 Å². The van der Waals surface area contributed by atoms with Gasteiger partial charge in [0.05, 0.1) is 14.1 Å². The van der Waals surface area contributed by atoms with E-state index in [0.717, 1.165) is 31.8 Å². The third kappa shape index (κ3) is 6.74. The van der Waals surface area contributed by atoms with E-state index in [4.69, 9.17) is 0 Å². The van der Waals surface area contributed by atoms with Crippen molar-refractivity contribution in [1.82, 2.24) is 0 Å². The van der Waals surface area contributed by atoms with Crippen LogP contribution in [0.15, 0.2) is 182 Å². The lowest BCUT2D eigenvalue weighted by atomic mass is 10.4. The van der Waals surface area contributed by atoms with Crippen molar-refractivity contribution in [1.29, 1.82) is 10.3 Å². The summed E-state index contributed by atoms with van der Waals surface area (Å²) in [6, 6.07) is 61.1. The number of halogens is 2. The van der Waals surface area contributed by atoms with E-state index >= 15 is 0 Å². The molecule has 6 aromatic carbocycles. The number of benzene rings is 6. The molecule has 0 saturated carbocycles. The molecule has 212 valence electrons. The highest BCUT2D eigenvalue weighted by Gasteiger charge is 2.25. The monoisotopic (exact) mass is 594 g/mol. The maximum atomic E-state index is 9.25. The van der Waals surface area contributed by atoms with Crippen LogP contribution in [-0.4, -0.2) is 0 Å². The lowest BCUT2D eigenvalue weighted by Crippen LogP contribution is -2.24. The van der Waals surface area contributed by atoms with Crippen LogP contribution >= 0.6 is 14.1 Å². The summed E-state index contributed by atoms with van der Waals surface area (Å²) in [7, 11) is -4.55. The third-order valence-corrected chi connectivity index (χ3v) is 13.3. The molecule has 0 spiro atoms. The van der Waals surface area contributed by atoms with Crippen LogP contribution in [0.5, 0.6) is 0 Å². The van der Waals surface area contributed by atoms with Crippen molar-refractivity contribution < 1.29 is 9.41 Å². The van der Waals surface area contributed by atoms with Crippen molar-refractivity contribution in [2.45, 2.75) is 0 Å². The van der Waals surface area contributed by atoms with E-state index in [1.807, 2.05) is 109 Å². The van der Waals surface area contributed by atoms with Gasteiger partial charge in [-0.3, -0.25) is 9.41 Å². The van der Waals surface area contributed by atoms with Crippen molar-refractivity contribution >= 4 is 45.9 Å². The van der Waals surface area contributed by atoms with Crippen LogP contribution in [0.25, 0.3) is 0 Å². The highest BCUT2D eigenvalue weighted by atomic mass is 31.2. The van der Waals surface area contributed by atoms with Crippen LogP contribution < -0.4 is 31.8 Å². The molecule has 0 bridgehead atoms. The molecule has 6 rings (SSSR count). The minimum atomic E-state index is -2.28. The Bertz CT molecular complexity index is 1380. The highest BCUT2D eigenvalue weighted by molar-refractivity contribution is 7.86. The highest BCUT2D eigenvalue weighted by Crippen LogP contribution is 2.43. The van der Waals surface area contributed by atoms with E-state index in [1.165, 1.54) is 0 Å². The van der Waals surface area contributed by atoms with Gasteiger partial charge in [0.15, 0.2) is 0 Å². The molecule has 2 nitrogen and oxygen atoms in total. The van der Waals surface area contributed by atoms with E-state index in [1.54, 1.807) is 0 Å². The lowest BCUT2D eigenvalue weighted by Gasteiger charge is -2.24. The molecule has 0 amide bonds. The summed E-state index contributed by atoms with van der Waals surface area (Å²) in [4.78, 5) is 0. The van der Waals surface area contributed by atoms with Crippen LogP contribution in [-0.2, 0) is 0 Å². The average molecular weight is 595 g/mol. The first-order valence-electron chi connectivity index (χ1n) is 13.3. The van der Waals surface area contributed by atoms with Crippen LogP contribution in [0.3, 0.4) is 0 Å². The van der Waals surface area contributed by atoms with E-state index in [2.05, 4.69) is 72.8 Å². The van der Waals surface area contributed by atoms with Crippen molar-refractivity contribution in [3.63, 3.8) is 0 Å². The number of rotatable bonds is 6. The minimum absolute atomic E-state index is 0. The Labute approximate surface area is 247 Å². The molecule has 0 aromatic heterocycles. The Morgan fingerprint density at radius 2 is 0.357 bits per heavy atom. The summed E-state index contributed by atoms with van der Waals surface area (Å²) in [5.41, 5.74) is 0. The minimum Gasteiger partial charge on any atom is -0.305 e. The molecule has 6 aromatic rings. The van der Waals surface area contributed by atoms with Gasteiger partial charge in [-0.05, 0) is 31.8 Å². The number of nitrogens with one attached hydrogen (secondary N) is 2. The first kappa shape index (κ1) is 32.2. The van der Waals surface area contributed by atoms with Gasteiger partial charge in [-0.1, -0.05) is 182 Å². The third-order valence-electron chi connectivity index (χ3n) is 6.86. The van der Waals surface area contributed by atoms with Gasteiger partial charge in [0.1, 0.15) is 0 Å². The summed E-state index contributed by atoms with van der Waals surface area (Å²) in [6.07, 6.45) is 0. The fourth-order valence-corrected chi connectivity index (χ4v) is 10.3. The standard InChI is InChI=1S/2C18H16NP.2FH/c2*19-20(16-10-4-1-5-11-16,17-12-6-2-7-13-17)18-14-8-3-9-15-18;;/h2*1-15,19H;2*1H. The summed E-state index contributed by atoms with van der Waals surface area (Å²) >= 11 is 0. The molecule has 42 heavy (non-hydrogen) atoms. The van der Waals surface area contributed by atoms with Gasteiger partial charge in [-0.2, -0.15) is 0 Å². The van der Waals surface area contributed by atoms with E-state index in [9.17, 15) is 10.3 Å². The SMILES string of the molecule is F.F.N=P(c1ccccc1)(c1ccccc1)c1ccccc1.N=P(c1ccccc1)(c1ccccc1)c1ccccc1. The molecule has 0 radical (unpaired) electrons. The second-order valence-electron chi connectivity index (χ2n) is 9.35. The molecule has 0 unspecified atom stereocenters. The first-order valence-corrected chi connectivity index (χ1v) is 16.8. The zero-order valence-electron chi connectivity index (χ0n) is 23.0. The molecule has 0 aliphatic heterocycles. The average Bonchev–Trinajstić information content (AvgIpc) is 3.07. The molecule has 0 heterocycles. The van der Waals surface area contributed by atoms with E-state index < -0.39 is 14.1 Å². The molecule has 0 fully saturated rings. The van der Waals surface area contributed by atoms with Gasteiger partial charge in [0, 0.05) is 0 Å². The maximum absolute atomic E-state index is 9.25. The molecule has 0 atom stereocenters. The first-order chi connectivity index (χ1) is 19.6. The van der Waals surface area contributed by atoms with Crippen molar-refractivity contribution in [2.24, 2.45) is 0 Å². The Morgan fingerprint density at radius 1 is 0.238 bits per heavy atom. The second kappa shape index (κ2) is 15.0. The normalized spacial score (nSPS) is 10.7. The summed E-state index contributed by atoms with van der Waals surface area (Å²) in [6.45, 7) is 0. The molecular weight excluding hydrogens is 560 g/mol. The van der Waals surface area contributed by atoms with Gasteiger partial charge in [0.2, 0.25) is 0 Å². The molecular formula is C36H34F2N2P2. The van der Waals surface area contributed by atoms with Crippen LogP contribution in [0.2, 0.25) is 0 Å². The van der Waals surface area contributed by atoms with E-state index in [0.29, 0.717) is 0 Å². The maximum Gasteiger partial charge on any atom is 0.0512 e. The molecule has 2 N–H and O–H groups in total.